The zero-order chi connectivity index (χ0) is 7.56. The van der Waals surface area contributed by atoms with Crippen LogP contribution in [0, 0.1) is 5.92 Å². The van der Waals surface area contributed by atoms with Gasteiger partial charge in [0.15, 0.2) is 0 Å². The van der Waals surface area contributed by atoms with Gasteiger partial charge in [0.25, 0.3) is 0 Å². The summed E-state index contributed by atoms with van der Waals surface area (Å²) < 4.78 is 0. The van der Waals surface area contributed by atoms with Crippen molar-refractivity contribution in [2.75, 3.05) is 0 Å². The maximum absolute atomic E-state index is 9.42. The van der Waals surface area contributed by atoms with Gasteiger partial charge >= 0.3 is 0 Å². The molecule has 1 heterocycles. The maximum atomic E-state index is 9.42. The SMILES string of the molecule is CC(C)[C@@H](O)c1ccn[nH]1. The number of nitrogens with one attached hydrogen (secondary N) is 1. The molecule has 3 heteroatoms. The zero-order valence-electron chi connectivity index (χ0n) is 6.20. The molecule has 0 saturated carbocycles. The molecule has 10 heavy (non-hydrogen) atoms. The van der Waals surface area contributed by atoms with Crippen molar-refractivity contribution in [3.8, 4) is 0 Å². The Morgan fingerprint density at radius 1 is 1.60 bits per heavy atom. The van der Waals surface area contributed by atoms with E-state index in [1.54, 1.807) is 12.3 Å². The second-order valence-electron chi connectivity index (χ2n) is 2.70. The van der Waals surface area contributed by atoms with Crippen LogP contribution in [0.3, 0.4) is 0 Å². The number of H-pyrrole nitrogens is 1. The minimum absolute atomic E-state index is 0.237. The van der Waals surface area contributed by atoms with Crippen molar-refractivity contribution in [2.24, 2.45) is 5.92 Å². The van der Waals surface area contributed by atoms with Crippen molar-refractivity contribution in [3.05, 3.63) is 18.0 Å². The summed E-state index contributed by atoms with van der Waals surface area (Å²) in [6, 6.07) is 1.78. The molecule has 0 aliphatic rings. The lowest BCUT2D eigenvalue weighted by Crippen LogP contribution is -2.05. The first kappa shape index (κ1) is 7.28. The average molecular weight is 140 g/mol. The van der Waals surface area contributed by atoms with Gasteiger partial charge in [-0.1, -0.05) is 13.8 Å². The molecular formula is C7H12N2O. The fraction of sp³-hybridized carbons (Fsp3) is 0.571. The molecule has 1 aromatic rings. The van der Waals surface area contributed by atoms with Crippen molar-refractivity contribution in [2.45, 2.75) is 20.0 Å². The smallest absolute Gasteiger partial charge is 0.0976 e. The molecule has 0 unspecified atom stereocenters. The zero-order valence-corrected chi connectivity index (χ0v) is 6.20. The third-order valence-electron chi connectivity index (χ3n) is 1.47. The summed E-state index contributed by atoms with van der Waals surface area (Å²) in [6.45, 7) is 3.93. The highest BCUT2D eigenvalue weighted by molar-refractivity contribution is 5.01. The molecule has 2 N–H and O–H groups in total. The lowest BCUT2D eigenvalue weighted by Gasteiger charge is -2.10. The average Bonchev–Trinajstić information content (AvgIpc) is 2.36. The highest BCUT2D eigenvalue weighted by Crippen LogP contribution is 2.17. The number of hydrogen-bond donors (Lipinski definition) is 2. The van der Waals surface area contributed by atoms with Crippen molar-refractivity contribution in [1.82, 2.24) is 10.2 Å². The first-order valence-corrected chi connectivity index (χ1v) is 3.39. The Morgan fingerprint density at radius 3 is 2.70 bits per heavy atom. The summed E-state index contributed by atoms with van der Waals surface area (Å²) in [5, 5.41) is 15.9. The summed E-state index contributed by atoms with van der Waals surface area (Å²) in [7, 11) is 0. The first-order valence-electron chi connectivity index (χ1n) is 3.39. The van der Waals surface area contributed by atoms with Crippen LogP contribution in [0.1, 0.15) is 25.6 Å². The van der Waals surface area contributed by atoms with Gasteiger partial charge in [0.05, 0.1) is 11.8 Å². The van der Waals surface area contributed by atoms with Gasteiger partial charge in [0.1, 0.15) is 0 Å². The van der Waals surface area contributed by atoms with E-state index in [0.29, 0.717) is 0 Å². The summed E-state index contributed by atoms with van der Waals surface area (Å²) in [4.78, 5) is 0. The number of nitrogens with zero attached hydrogens (tertiary/aromatic N) is 1. The second kappa shape index (κ2) is 2.84. The third kappa shape index (κ3) is 1.36. The van der Waals surface area contributed by atoms with Crippen LogP contribution in [0.2, 0.25) is 0 Å². The van der Waals surface area contributed by atoms with Crippen LogP contribution in [0.5, 0.6) is 0 Å². The Hall–Kier alpha value is -0.830. The Labute approximate surface area is 60.1 Å². The molecule has 0 aliphatic heterocycles. The van der Waals surface area contributed by atoms with Crippen LogP contribution in [0.15, 0.2) is 12.3 Å². The van der Waals surface area contributed by atoms with Gasteiger partial charge in [0.2, 0.25) is 0 Å². The molecule has 1 rings (SSSR count). The van der Waals surface area contributed by atoms with Gasteiger partial charge < -0.3 is 5.11 Å². The van der Waals surface area contributed by atoms with E-state index in [-0.39, 0.29) is 5.92 Å². The molecule has 1 aromatic heterocycles. The van der Waals surface area contributed by atoms with Gasteiger partial charge in [-0.3, -0.25) is 5.10 Å². The molecule has 1 atom stereocenters. The molecular weight excluding hydrogens is 128 g/mol. The van der Waals surface area contributed by atoms with E-state index in [2.05, 4.69) is 10.2 Å². The quantitative estimate of drug-likeness (QED) is 0.646. The highest BCUT2D eigenvalue weighted by atomic mass is 16.3. The predicted octanol–water partition coefficient (Wildman–Crippen LogP) is 1.10. The van der Waals surface area contributed by atoms with Crippen LogP contribution < -0.4 is 0 Å². The summed E-state index contributed by atoms with van der Waals surface area (Å²) in [6.07, 6.45) is 1.23. The number of aromatic nitrogens is 2. The molecule has 0 saturated heterocycles. The van der Waals surface area contributed by atoms with Crippen molar-refractivity contribution in [1.29, 1.82) is 0 Å². The molecule has 56 valence electrons. The Morgan fingerprint density at radius 2 is 2.30 bits per heavy atom. The van der Waals surface area contributed by atoms with E-state index in [4.69, 9.17) is 0 Å². The molecule has 3 nitrogen and oxygen atoms in total. The fourth-order valence-electron chi connectivity index (χ4n) is 0.790. The third-order valence-corrected chi connectivity index (χ3v) is 1.47. The van der Waals surface area contributed by atoms with Crippen LogP contribution in [0.25, 0.3) is 0 Å². The Kier molecular flexibility index (Phi) is 2.06. The van der Waals surface area contributed by atoms with E-state index in [1.165, 1.54) is 0 Å². The van der Waals surface area contributed by atoms with Gasteiger partial charge in [-0.15, -0.1) is 0 Å². The first-order chi connectivity index (χ1) is 4.72. The fourth-order valence-corrected chi connectivity index (χ4v) is 0.790. The number of rotatable bonds is 2. The topological polar surface area (TPSA) is 48.9 Å². The molecule has 0 spiro atoms. The van der Waals surface area contributed by atoms with Crippen LogP contribution in [-0.2, 0) is 0 Å². The summed E-state index contributed by atoms with van der Waals surface area (Å²) in [5.74, 6) is 0.237. The number of hydrogen-bond acceptors (Lipinski definition) is 2. The van der Waals surface area contributed by atoms with Crippen LogP contribution >= 0.6 is 0 Å². The molecule has 0 fully saturated rings. The number of aromatic amines is 1. The largest absolute Gasteiger partial charge is 0.387 e. The van der Waals surface area contributed by atoms with Crippen molar-refractivity contribution >= 4 is 0 Å². The van der Waals surface area contributed by atoms with Crippen LogP contribution in [-0.4, -0.2) is 15.3 Å². The lowest BCUT2D eigenvalue weighted by molar-refractivity contribution is 0.122. The van der Waals surface area contributed by atoms with E-state index < -0.39 is 6.10 Å². The van der Waals surface area contributed by atoms with E-state index in [1.807, 2.05) is 13.8 Å². The molecule has 0 aliphatic carbocycles. The molecule has 0 amide bonds. The lowest BCUT2D eigenvalue weighted by atomic mass is 10.1. The predicted molar refractivity (Wildman–Crippen MR) is 38.4 cm³/mol. The standard InChI is InChI=1S/C7H12N2O/c1-5(2)7(10)6-3-4-8-9-6/h3-5,7,10H,1-2H3,(H,8,9)/t7-/m1/s1. The minimum Gasteiger partial charge on any atom is -0.387 e. The van der Waals surface area contributed by atoms with E-state index in [0.717, 1.165) is 5.69 Å². The second-order valence-corrected chi connectivity index (χ2v) is 2.70. The normalized spacial score (nSPS) is 14.0. The summed E-state index contributed by atoms with van der Waals surface area (Å²) >= 11 is 0. The molecule has 0 aromatic carbocycles. The van der Waals surface area contributed by atoms with Gasteiger partial charge in [-0.05, 0) is 12.0 Å². The summed E-state index contributed by atoms with van der Waals surface area (Å²) in [5.41, 5.74) is 0.787. The van der Waals surface area contributed by atoms with Crippen molar-refractivity contribution in [3.63, 3.8) is 0 Å². The Bertz CT molecular complexity index is 181. The van der Waals surface area contributed by atoms with Gasteiger partial charge in [-0.2, -0.15) is 5.10 Å². The maximum Gasteiger partial charge on any atom is 0.0976 e. The number of aliphatic hydroxyl groups is 1. The molecule has 0 bridgehead atoms. The van der Waals surface area contributed by atoms with Crippen LogP contribution in [0.4, 0.5) is 0 Å². The van der Waals surface area contributed by atoms with Crippen molar-refractivity contribution < 1.29 is 5.11 Å². The molecule has 0 radical (unpaired) electrons. The number of aliphatic hydroxyl groups excluding tert-OH is 1. The van der Waals surface area contributed by atoms with E-state index in [9.17, 15) is 5.11 Å². The Balaban J connectivity index is 2.68. The highest BCUT2D eigenvalue weighted by Gasteiger charge is 2.11. The van der Waals surface area contributed by atoms with E-state index >= 15 is 0 Å². The monoisotopic (exact) mass is 140 g/mol. The minimum atomic E-state index is -0.414. The van der Waals surface area contributed by atoms with Gasteiger partial charge in [0, 0.05) is 6.20 Å². The van der Waals surface area contributed by atoms with Gasteiger partial charge in [-0.25, -0.2) is 0 Å².